The smallest absolute Gasteiger partial charge is 0.126 e. The zero-order valence-corrected chi connectivity index (χ0v) is 18.2. The van der Waals surface area contributed by atoms with Gasteiger partial charge in [-0.1, -0.05) is 57.3 Å². The molecule has 0 amide bonds. The van der Waals surface area contributed by atoms with Crippen molar-refractivity contribution in [3.05, 3.63) is 56.5 Å². The first kappa shape index (κ1) is 17.3. The van der Waals surface area contributed by atoms with Gasteiger partial charge in [0.1, 0.15) is 0 Å². The highest BCUT2D eigenvalue weighted by atomic mass is 79.9. The lowest BCUT2D eigenvalue weighted by Crippen LogP contribution is -2.25. The van der Waals surface area contributed by atoms with Crippen LogP contribution in [-0.2, 0) is 0 Å². The van der Waals surface area contributed by atoms with Gasteiger partial charge in [-0.2, -0.15) is 0 Å². The number of benzene rings is 2. The summed E-state index contributed by atoms with van der Waals surface area (Å²) in [5, 5.41) is 0. The lowest BCUT2D eigenvalue weighted by Gasteiger charge is -2.28. The molecule has 0 spiro atoms. The highest BCUT2D eigenvalue weighted by Gasteiger charge is 2.45. The Morgan fingerprint density at radius 2 is 1.41 bits per heavy atom. The van der Waals surface area contributed by atoms with E-state index in [1.807, 2.05) is 0 Å². The fraction of sp³-hybridized carbons (Fsp3) is 0.250. The monoisotopic (exact) mass is 496 g/mol. The second-order valence-electron chi connectivity index (χ2n) is 5.50. The Kier molecular flexibility index (Phi) is 5.05. The summed E-state index contributed by atoms with van der Waals surface area (Å²) < 4.78 is 2.12. The summed E-state index contributed by atoms with van der Waals surface area (Å²) in [6.07, 6.45) is 0.852. The summed E-state index contributed by atoms with van der Waals surface area (Å²) >= 11 is 26.5. The number of hydrogen-bond donors (Lipinski definition) is 0. The van der Waals surface area contributed by atoms with Crippen LogP contribution in [0.25, 0.3) is 11.1 Å². The summed E-state index contributed by atoms with van der Waals surface area (Å²) in [5.41, 5.74) is 5.07. The molecule has 0 saturated heterocycles. The molecule has 0 heterocycles. The van der Waals surface area contributed by atoms with Crippen molar-refractivity contribution in [1.82, 2.24) is 0 Å². The molecule has 1 aliphatic carbocycles. The van der Waals surface area contributed by atoms with Crippen molar-refractivity contribution in [2.24, 2.45) is 0 Å². The fourth-order valence-corrected chi connectivity index (χ4v) is 7.81. The molecule has 0 saturated carbocycles. The summed E-state index contributed by atoms with van der Waals surface area (Å²) in [6.45, 7) is 2.10. The quantitative estimate of drug-likeness (QED) is 0.299. The zero-order valence-electron chi connectivity index (χ0n) is 11.7. The maximum atomic E-state index is 6.44. The van der Waals surface area contributed by atoms with Gasteiger partial charge in [0.05, 0.1) is 0 Å². The summed E-state index contributed by atoms with van der Waals surface area (Å²) in [5.74, 6) is 0.143. The van der Waals surface area contributed by atoms with Crippen LogP contribution in [0.4, 0.5) is 0 Å². The number of hydrogen-bond acceptors (Lipinski definition) is 0. The predicted octanol–water partition coefficient (Wildman–Crippen LogP) is 7.76. The number of halogens is 5. The van der Waals surface area contributed by atoms with E-state index in [0.717, 1.165) is 15.4 Å². The van der Waals surface area contributed by atoms with E-state index in [9.17, 15) is 0 Å². The standard InChI is InChI=1S/C16H13Br2Cl3Si/c1-2-15(22(19,20)21)16-13-7-9(17)3-5-11(13)12-6-4-10(18)8-14(12)16/h3-8,15-16H,2H2,1H3. The normalized spacial score (nSPS) is 15.5. The molecule has 0 nitrogen and oxygen atoms in total. The molecule has 1 atom stereocenters. The van der Waals surface area contributed by atoms with E-state index < -0.39 is 6.00 Å². The highest BCUT2D eigenvalue weighted by Crippen LogP contribution is 2.56. The van der Waals surface area contributed by atoms with Crippen LogP contribution in [0.3, 0.4) is 0 Å². The van der Waals surface area contributed by atoms with Crippen LogP contribution in [-0.4, -0.2) is 6.00 Å². The van der Waals surface area contributed by atoms with E-state index in [2.05, 4.69) is 75.2 Å². The third kappa shape index (κ3) is 3.05. The molecule has 1 aliphatic rings. The number of fused-ring (bicyclic) bond motifs is 3. The van der Waals surface area contributed by atoms with Crippen molar-refractivity contribution in [1.29, 1.82) is 0 Å². The van der Waals surface area contributed by atoms with Gasteiger partial charge in [0, 0.05) is 20.4 Å². The Morgan fingerprint density at radius 1 is 0.955 bits per heavy atom. The first-order valence-corrected chi connectivity index (χ1v) is 13.7. The Labute approximate surface area is 162 Å². The Morgan fingerprint density at radius 3 is 1.77 bits per heavy atom. The van der Waals surface area contributed by atoms with Gasteiger partial charge in [-0.25, -0.2) is 0 Å². The minimum absolute atomic E-state index is 0.0566. The minimum Gasteiger partial charge on any atom is -0.126 e. The molecule has 0 aromatic heterocycles. The van der Waals surface area contributed by atoms with E-state index in [4.69, 9.17) is 33.2 Å². The van der Waals surface area contributed by atoms with Crippen LogP contribution in [0.1, 0.15) is 30.4 Å². The van der Waals surface area contributed by atoms with Crippen molar-refractivity contribution in [3.8, 4) is 11.1 Å². The molecule has 1 unspecified atom stereocenters. The van der Waals surface area contributed by atoms with Crippen LogP contribution in [0.5, 0.6) is 0 Å². The molecular formula is C16H13Br2Cl3Si. The van der Waals surface area contributed by atoms with Gasteiger partial charge < -0.3 is 0 Å². The maximum absolute atomic E-state index is 6.44. The highest BCUT2D eigenvalue weighted by molar-refractivity contribution is 9.10. The SMILES string of the molecule is CCC(C1c2cc(Br)ccc2-c2ccc(Br)cc21)[Si](Cl)(Cl)Cl. The Hall–Kier alpha value is 0.487. The number of rotatable bonds is 3. The van der Waals surface area contributed by atoms with E-state index in [-0.39, 0.29) is 11.5 Å². The van der Waals surface area contributed by atoms with Crippen molar-refractivity contribution in [2.45, 2.75) is 24.8 Å². The minimum atomic E-state index is -2.84. The van der Waals surface area contributed by atoms with Crippen LogP contribution in [0.15, 0.2) is 45.3 Å². The first-order valence-electron chi connectivity index (χ1n) is 6.99. The molecule has 116 valence electrons. The van der Waals surface area contributed by atoms with Gasteiger partial charge in [0.2, 0.25) is 0 Å². The van der Waals surface area contributed by atoms with Crippen molar-refractivity contribution < 1.29 is 0 Å². The third-order valence-corrected chi connectivity index (χ3v) is 9.34. The average molecular weight is 500 g/mol. The molecule has 2 aromatic carbocycles. The van der Waals surface area contributed by atoms with E-state index >= 15 is 0 Å². The molecule has 2 aromatic rings. The van der Waals surface area contributed by atoms with Gasteiger partial charge in [-0.15, -0.1) is 33.2 Å². The van der Waals surface area contributed by atoms with Crippen molar-refractivity contribution >= 4 is 71.1 Å². The van der Waals surface area contributed by atoms with Gasteiger partial charge in [0.25, 0.3) is 0 Å². The van der Waals surface area contributed by atoms with Crippen LogP contribution in [0, 0.1) is 0 Å². The molecule has 0 radical (unpaired) electrons. The molecule has 0 aliphatic heterocycles. The van der Waals surface area contributed by atoms with E-state index in [1.54, 1.807) is 0 Å². The lowest BCUT2D eigenvalue weighted by molar-refractivity contribution is 0.700. The van der Waals surface area contributed by atoms with E-state index in [0.29, 0.717) is 0 Å². The first-order chi connectivity index (χ1) is 10.3. The molecule has 0 fully saturated rings. The van der Waals surface area contributed by atoms with Gasteiger partial charge >= 0.3 is 6.00 Å². The molecule has 22 heavy (non-hydrogen) atoms. The molecule has 3 rings (SSSR count). The van der Waals surface area contributed by atoms with Crippen LogP contribution >= 0.6 is 65.1 Å². The topological polar surface area (TPSA) is 0 Å². The van der Waals surface area contributed by atoms with Crippen LogP contribution in [0.2, 0.25) is 5.54 Å². The fourth-order valence-electron chi connectivity index (χ4n) is 3.33. The maximum Gasteiger partial charge on any atom is 0.345 e. The molecule has 0 bridgehead atoms. The predicted molar refractivity (Wildman–Crippen MR) is 106 cm³/mol. The molecule has 0 N–H and O–H groups in total. The average Bonchev–Trinajstić information content (AvgIpc) is 2.72. The largest absolute Gasteiger partial charge is 0.345 e. The lowest BCUT2D eigenvalue weighted by atomic mass is 9.92. The molecular weight excluding hydrogens is 486 g/mol. The van der Waals surface area contributed by atoms with Gasteiger partial charge in [-0.05, 0) is 46.5 Å². The summed E-state index contributed by atoms with van der Waals surface area (Å²) in [7, 11) is 0. The van der Waals surface area contributed by atoms with E-state index in [1.165, 1.54) is 22.3 Å². The van der Waals surface area contributed by atoms with Gasteiger partial charge in [0.15, 0.2) is 0 Å². The van der Waals surface area contributed by atoms with Gasteiger partial charge in [-0.3, -0.25) is 0 Å². The van der Waals surface area contributed by atoms with Crippen LogP contribution < -0.4 is 0 Å². The second-order valence-corrected chi connectivity index (χ2v) is 16.3. The van der Waals surface area contributed by atoms with Crippen molar-refractivity contribution in [3.63, 3.8) is 0 Å². The summed E-state index contributed by atoms with van der Waals surface area (Å²) in [6, 6.07) is 9.94. The van der Waals surface area contributed by atoms with Crippen molar-refractivity contribution in [2.75, 3.05) is 0 Å². The Balaban J connectivity index is 2.26. The zero-order chi connectivity index (χ0) is 16.1. The molecule has 6 heteroatoms. The second kappa shape index (κ2) is 6.42. The Bertz CT molecular complexity index is 676. The summed E-state index contributed by atoms with van der Waals surface area (Å²) in [4.78, 5) is 0. The third-order valence-electron chi connectivity index (χ3n) is 4.25.